The molecular weight excluding hydrogens is 299 g/mol. The summed E-state index contributed by atoms with van der Waals surface area (Å²) in [5.74, 6) is 0.671. The van der Waals surface area contributed by atoms with Crippen LogP contribution in [0.5, 0.6) is 0 Å². The van der Waals surface area contributed by atoms with Crippen molar-refractivity contribution in [2.24, 2.45) is 0 Å². The maximum Gasteiger partial charge on any atom is 0.151 e. The van der Waals surface area contributed by atoms with Gasteiger partial charge < -0.3 is 0 Å². The lowest BCUT2D eigenvalue weighted by Gasteiger charge is -2.04. The van der Waals surface area contributed by atoms with Crippen molar-refractivity contribution in [3.8, 4) is 0 Å². The van der Waals surface area contributed by atoms with E-state index in [-0.39, 0.29) is 0 Å². The molecule has 1 aromatic heterocycles. The second-order valence-electron chi connectivity index (χ2n) is 3.21. The molecule has 1 heterocycles. The van der Waals surface area contributed by atoms with Gasteiger partial charge in [-0.1, -0.05) is 34.8 Å². The molecule has 2 aromatic rings. The topological polar surface area (TPSA) is 25.8 Å². The lowest BCUT2D eigenvalue weighted by atomic mass is 10.4. The molecule has 0 aliphatic carbocycles. The van der Waals surface area contributed by atoms with Gasteiger partial charge in [0.05, 0.1) is 10.7 Å². The summed E-state index contributed by atoms with van der Waals surface area (Å²) in [5, 5.41) is 9.48. The summed E-state index contributed by atoms with van der Waals surface area (Å²) in [6.45, 7) is 0. The third-order valence-electron chi connectivity index (χ3n) is 1.96. The molecule has 0 fully saturated rings. The average Bonchev–Trinajstić information content (AvgIpc) is 2.32. The van der Waals surface area contributed by atoms with E-state index >= 15 is 0 Å². The molecule has 0 aliphatic heterocycles. The zero-order chi connectivity index (χ0) is 12.3. The van der Waals surface area contributed by atoms with Crippen LogP contribution in [0.15, 0.2) is 35.2 Å². The van der Waals surface area contributed by atoms with Crippen LogP contribution in [0.25, 0.3) is 0 Å². The highest BCUT2D eigenvalue weighted by Crippen LogP contribution is 2.31. The van der Waals surface area contributed by atoms with E-state index in [4.69, 9.17) is 34.8 Å². The first kappa shape index (κ1) is 13.0. The molecule has 0 unspecified atom stereocenters. The summed E-state index contributed by atoms with van der Waals surface area (Å²) in [6.07, 6.45) is 0. The number of benzene rings is 1. The Balaban J connectivity index is 2.07. The van der Waals surface area contributed by atoms with Crippen LogP contribution >= 0.6 is 46.6 Å². The zero-order valence-corrected chi connectivity index (χ0v) is 11.6. The van der Waals surface area contributed by atoms with Crippen LogP contribution in [0.2, 0.25) is 15.2 Å². The van der Waals surface area contributed by atoms with E-state index in [9.17, 15) is 0 Å². The fourth-order valence-electron chi connectivity index (χ4n) is 1.16. The van der Waals surface area contributed by atoms with E-state index in [2.05, 4.69) is 10.2 Å². The monoisotopic (exact) mass is 304 g/mol. The van der Waals surface area contributed by atoms with Crippen LogP contribution in [0, 0.1) is 0 Å². The first-order chi connectivity index (χ1) is 8.15. The fourth-order valence-corrected chi connectivity index (χ4v) is 2.65. The fraction of sp³-hybridized carbons (Fsp3) is 0.0909. The van der Waals surface area contributed by atoms with Gasteiger partial charge in [0.1, 0.15) is 0 Å². The molecule has 0 saturated heterocycles. The number of halogens is 3. The van der Waals surface area contributed by atoms with Gasteiger partial charge in [0.2, 0.25) is 0 Å². The first-order valence-corrected chi connectivity index (χ1v) is 6.83. The second kappa shape index (κ2) is 5.91. The largest absolute Gasteiger partial charge is 0.153 e. The van der Waals surface area contributed by atoms with Crippen molar-refractivity contribution < 1.29 is 0 Å². The summed E-state index contributed by atoms with van der Waals surface area (Å²) in [6, 6.07) is 8.92. The van der Waals surface area contributed by atoms with Gasteiger partial charge in [0.15, 0.2) is 5.15 Å². The molecule has 0 amide bonds. The van der Waals surface area contributed by atoms with Crippen molar-refractivity contribution in [1.29, 1.82) is 0 Å². The van der Waals surface area contributed by atoms with Gasteiger partial charge in [0.25, 0.3) is 0 Å². The minimum atomic E-state index is 0.388. The van der Waals surface area contributed by atoms with Crippen molar-refractivity contribution in [2.75, 3.05) is 0 Å². The van der Waals surface area contributed by atoms with Crippen molar-refractivity contribution in [3.05, 3.63) is 51.2 Å². The van der Waals surface area contributed by atoms with Crippen LogP contribution in [-0.4, -0.2) is 10.2 Å². The molecule has 0 N–H and O–H groups in total. The van der Waals surface area contributed by atoms with Gasteiger partial charge in [-0.05, 0) is 30.3 Å². The highest BCUT2D eigenvalue weighted by Gasteiger charge is 2.04. The van der Waals surface area contributed by atoms with E-state index in [1.54, 1.807) is 30.0 Å². The number of thioether (sulfide) groups is 1. The summed E-state index contributed by atoms with van der Waals surface area (Å²) in [5.41, 5.74) is 0.843. The highest BCUT2D eigenvalue weighted by atomic mass is 35.5. The molecule has 0 aliphatic rings. The Morgan fingerprint density at radius 3 is 2.53 bits per heavy atom. The summed E-state index contributed by atoms with van der Waals surface area (Å²) >= 11 is 19.2. The summed E-state index contributed by atoms with van der Waals surface area (Å²) in [7, 11) is 0. The molecule has 0 spiro atoms. The molecule has 0 atom stereocenters. The van der Waals surface area contributed by atoms with Gasteiger partial charge in [-0.15, -0.1) is 16.9 Å². The van der Waals surface area contributed by atoms with E-state index in [0.29, 0.717) is 21.0 Å². The van der Waals surface area contributed by atoms with Gasteiger partial charge in [-0.25, -0.2) is 0 Å². The molecule has 6 heteroatoms. The quantitative estimate of drug-likeness (QED) is 0.767. The Bertz CT molecular complexity index is 517. The number of nitrogens with zero attached hydrogens (tertiary/aromatic N) is 2. The average molecular weight is 306 g/mol. The van der Waals surface area contributed by atoms with E-state index in [0.717, 1.165) is 10.6 Å². The van der Waals surface area contributed by atoms with Crippen LogP contribution in [-0.2, 0) is 5.75 Å². The predicted molar refractivity (Wildman–Crippen MR) is 73.1 cm³/mol. The van der Waals surface area contributed by atoms with Crippen LogP contribution in [0.1, 0.15) is 5.69 Å². The van der Waals surface area contributed by atoms with E-state index < -0.39 is 0 Å². The van der Waals surface area contributed by atoms with Gasteiger partial charge >= 0.3 is 0 Å². The number of aromatic nitrogens is 2. The normalized spacial score (nSPS) is 10.5. The molecule has 2 rings (SSSR count). The van der Waals surface area contributed by atoms with Crippen molar-refractivity contribution in [1.82, 2.24) is 10.2 Å². The van der Waals surface area contributed by atoms with Crippen LogP contribution in [0.3, 0.4) is 0 Å². The minimum Gasteiger partial charge on any atom is -0.153 e. The summed E-state index contributed by atoms with van der Waals surface area (Å²) < 4.78 is 0. The maximum absolute atomic E-state index is 6.05. The Kier molecular flexibility index (Phi) is 4.51. The van der Waals surface area contributed by atoms with Gasteiger partial charge in [-0.2, -0.15) is 5.10 Å². The molecule has 1 aromatic carbocycles. The van der Waals surface area contributed by atoms with Crippen LogP contribution in [0.4, 0.5) is 0 Å². The number of rotatable bonds is 3. The Labute approximate surface area is 118 Å². The molecular formula is C11H7Cl3N2S. The van der Waals surface area contributed by atoms with Crippen LogP contribution < -0.4 is 0 Å². The lowest BCUT2D eigenvalue weighted by molar-refractivity contribution is 0.972. The SMILES string of the molecule is Clc1ccc(Cl)c(SCc2ccc(Cl)nn2)c1. The molecule has 0 radical (unpaired) electrons. The molecule has 17 heavy (non-hydrogen) atoms. The molecule has 2 nitrogen and oxygen atoms in total. The second-order valence-corrected chi connectivity index (χ2v) is 5.46. The minimum absolute atomic E-state index is 0.388. The van der Waals surface area contributed by atoms with Gasteiger partial charge in [-0.3, -0.25) is 0 Å². The van der Waals surface area contributed by atoms with Crippen molar-refractivity contribution in [2.45, 2.75) is 10.6 Å². The Hall–Kier alpha value is -0.480. The first-order valence-electron chi connectivity index (χ1n) is 4.71. The van der Waals surface area contributed by atoms with E-state index in [1.165, 1.54) is 0 Å². The van der Waals surface area contributed by atoms with Crippen molar-refractivity contribution in [3.63, 3.8) is 0 Å². The lowest BCUT2D eigenvalue weighted by Crippen LogP contribution is -1.90. The zero-order valence-electron chi connectivity index (χ0n) is 8.53. The maximum atomic E-state index is 6.05. The van der Waals surface area contributed by atoms with Crippen molar-refractivity contribution >= 4 is 46.6 Å². The summed E-state index contributed by atoms with van der Waals surface area (Å²) in [4.78, 5) is 0.927. The Morgan fingerprint density at radius 1 is 1.00 bits per heavy atom. The molecule has 0 bridgehead atoms. The Morgan fingerprint density at radius 2 is 1.82 bits per heavy atom. The smallest absolute Gasteiger partial charge is 0.151 e. The van der Waals surface area contributed by atoms with Gasteiger partial charge in [0, 0.05) is 15.7 Å². The number of hydrogen-bond acceptors (Lipinski definition) is 3. The number of hydrogen-bond donors (Lipinski definition) is 0. The standard InChI is InChI=1S/C11H7Cl3N2S/c12-7-1-3-9(13)10(5-7)17-6-8-2-4-11(14)16-15-8/h1-5H,6H2. The third-order valence-corrected chi connectivity index (χ3v) is 3.92. The predicted octanol–water partition coefficient (Wildman–Crippen LogP) is 4.73. The highest BCUT2D eigenvalue weighted by molar-refractivity contribution is 7.98. The van der Waals surface area contributed by atoms with E-state index in [1.807, 2.05) is 12.1 Å². The molecule has 0 saturated carbocycles. The molecule has 88 valence electrons. The third kappa shape index (κ3) is 3.75.